The predicted octanol–water partition coefficient (Wildman–Crippen LogP) is 0.156. The standard InChI is InChI=1S/C7H9N5OS/c1-11-3-5(2-8-11)12-6(4-13)9-10-7(12)14/h2-3,13H,4H2,1H3,(H,10,14). The first-order valence-electron chi connectivity index (χ1n) is 3.98. The molecule has 2 aromatic rings. The summed E-state index contributed by atoms with van der Waals surface area (Å²) in [6.45, 7) is -0.165. The molecule has 0 atom stereocenters. The van der Waals surface area contributed by atoms with Crippen molar-refractivity contribution in [3.63, 3.8) is 0 Å². The van der Waals surface area contributed by atoms with E-state index in [0.717, 1.165) is 5.69 Å². The number of aromatic amines is 1. The summed E-state index contributed by atoms with van der Waals surface area (Å²) in [4.78, 5) is 0. The third-order valence-electron chi connectivity index (χ3n) is 1.83. The van der Waals surface area contributed by atoms with Gasteiger partial charge in [0.2, 0.25) is 0 Å². The molecule has 0 aliphatic rings. The van der Waals surface area contributed by atoms with Crippen molar-refractivity contribution in [3.8, 4) is 5.69 Å². The lowest BCUT2D eigenvalue weighted by molar-refractivity contribution is 0.269. The van der Waals surface area contributed by atoms with Crippen LogP contribution in [-0.2, 0) is 13.7 Å². The van der Waals surface area contributed by atoms with Crippen LogP contribution in [0.3, 0.4) is 0 Å². The van der Waals surface area contributed by atoms with Crippen LogP contribution < -0.4 is 0 Å². The highest BCUT2D eigenvalue weighted by Gasteiger charge is 2.07. The van der Waals surface area contributed by atoms with Gasteiger partial charge in [-0.05, 0) is 12.2 Å². The van der Waals surface area contributed by atoms with Crippen LogP contribution in [0, 0.1) is 4.77 Å². The molecule has 2 heterocycles. The van der Waals surface area contributed by atoms with Crippen molar-refractivity contribution >= 4 is 12.2 Å². The maximum Gasteiger partial charge on any atom is 0.200 e. The molecule has 0 aliphatic heterocycles. The van der Waals surface area contributed by atoms with Crippen LogP contribution in [0.15, 0.2) is 12.4 Å². The number of aliphatic hydroxyl groups is 1. The molecule has 0 radical (unpaired) electrons. The van der Waals surface area contributed by atoms with Crippen molar-refractivity contribution in [2.45, 2.75) is 6.61 Å². The fourth-order valence-corrected chi connectivity index (χ4v) is 1.48. The van der Waals surface area contributed by atoms with Gasteiger partial charge in [-0.3, -0.25) is 14.3 Å². The molecule has 0 aromatic carbocycles. The van der Waals surface area contributed by atoms with E-state index in [0.29, 0.717) is 10.6 Å². The molecule has 0 unspecified atom stereocenters. The second-order valence-electron chi connectivity index (χ2n) is 2.81. The van der Waals surface area contributed by atoms with Crippen molar-refractivity contribution in [2.75, 3.05) is 0 Å². The first-order chi connectivity index (χ1) is 6.72. The van der Waals surface area contributed by atoms with E-state index < -0.39 is 0 Å². The highest BCUT2D eigenvalue weighted by Crippen LogP contribution is 2.09. The largest absolute Gasteiger partial charge is 0.388 e. The van der Waals surface area contributed by atoms with Gasteiger partial charge >= 0.3 is 0 Å². The SMILES string of the molecule is Cn1cc(-n2c(CO)n[nH]c2=S)cn1. The van der Waals surface area contributed by atoms with Gasteiger partial charge in [-0.15, -0.1) is 0 Å². The molecular weight excluding hydrogens is 202 g/mol. The van der Waals surface area contributed by atoms with Crippen molar-refractivity contribution in [1.29, 1.82) is 0 Å². The normalized spacial score (nSPS) is 10.7. The lowest BCUT2D eigenvalue weighted by Gasteiger charge is -1.99. The fourth-order valence-electron chi connectivity index (χ4n) is 1.23. The zero-order valence-corrected chi connectivity index (χ0v) is 8.32. The van der Waals surface area contributed by atoms with E-state index in [1.165, 1.54) is 0 Å². The Kier molecular flexibility index (Phi) is 2.18. The number of nitrogens with one attached hydrogen (secondary N) is 1. The van der Waals surface area contributed by atoms with Crippen molar-refractivity contribution in [2.24, 2.45) is 7.05 Å². The molecule has 0 amide bonds. The molecule has 0 saturated heterocycles. The number of nitrogens with zero attached hydrogens (tertiary/aromatic N) is 4. The molecule has 0 aliphatic carbocycles. The summed E-state index contributed by atoms with van der Waals surface area (Å²) >= 11 is 5.03. The molecule has 0 saturated carbocycles. The van der Waals surface area contributed by atoms with Crippen LogP contribution >= 0.6 is 12.2 Å². The summed E-state index contributed by atoms with van der Waals surface area (Å²) in [7, 11) is 1.81. The summed E-state index contributed by atoms with van der Waals surface area (Å²) in [5.74, 6) is 0.475. The molecule has 6 nitrogen and oxygen atoms in total. The van der Waals surface area contributed by atoms with Gasteiger partial charge in [0.15, 0.2) is 10.6 Å². The average molecular weight is 211 g/mol. The second kappa shape index (κ2) is 3.35. The minimum absolute atomic E-state index is 0.165. The Balaban J connectivity index is 2.60. The summed E-state index contributed by atoms with van der Waals surface area (Å²) in [5.41, 5.74) is 0.787. The molecule has 2 aromatic heterocycles. The molecule has 0 spiro atoms. The highest BCUT2D eigenvalue weighted by molar-refractivity contribution is 7.71. The van der Waals surface area contributed by atoms with E-state index >= 15 is 0 Å². The number of H-pyrrole nitrogens is 1. The molecule has 74 valence electrons. The third kappa shape index (κ3) is 1.36. The van der Waals surface area contributed by atoms with E-state index in [2.05, 4.69) is 15.3 Å². The second-order valence-corrected chi connectivity index (χ2v) is 3.20. The molecule has 0 bridgehead atoms. The Morgan fingerprint density at radius 1 is 1.64 bits per heavy atom. The molecule has 2 rings (SSSR count). The smallest absolute Gasteiger partial charge is 0.200 e. The number of hydrogen-bond donors (Lipinski definition) is 2. The zero-order valence-electron chi connectivity index (χ0n) is 7.51. The maximum atomic E-state index is 9.02. The Morgan fingerprint density at radius 2 is 2.43 bits per heavy atom. The van der Waals surface area contributed by atoms with Crippen LogP contribution in [0.1, 0.15) is 5.82 Å². The fraction of sp³-hybridized carbons (Fsp3) is 0.286. The molecule has 7 heteroatoms. The average Bonchev–Trinajstić information content (AvgIpc) is 2.71. The third-order valence-corrected chi connectivity index (χ3v) is 2.11. The number of aromatic nitrogens is 5. The number of rotatable bonds is 2. The first-order valence-corrected chi connectivity index (χ1v) is 4.39. The van der Waals surface area contributed by atoms with Crippen LogP contribution in [0.2, 0.25) is 0 Å². The van der Waals surface area contributed by atoms with Crippen molar-refractivity contribution in [3.05, 3.63) is 23.0 Å². The van der Waals surface area contributed by atoms with E-state index in [1.807, 2.05) is 7.05 Å². The van der Waals surface area contributed by atoms with Gasteiger partial charge in [0, 0.05) is 13.2 Å². The maximum absolute atomic E-state index is 9.02. The van der Waals surface area contributed by atoms with Gasteiger partial charge in [-0.2, -0.15) is 10.2 Å². The minimum Gasteiger partial charge on any atom is -0.388 e. The summed E-state index contributed by atoms with van der Waals surface area (Å²) in [6, 6.07) is 0. The Hall–Kier alpha value is -1.47. The van der Waals surface area contributed by atoms with Crippen LogP contribution in [-0.4, -0.2) is 29.7 Å². The van der Waals surface area contributed by atoms with E-state index in [4.69, 9.17) is 17.3 Å². The Labute approximate surface area is 84.8 Å². The number of hydrogen-bond acceptors (Lipinski definition) is 4. The number of aryl methyl sites for hydroxylation is 1. The Morgan fingerprint density at radius 3 is 3.00 bits per heavy atom. The van der Waals surface area contributed by atoms with Gasteiger partial charge < -0.3 is 5.11 Å². The summed E-state index contributed by atoms with van der Waals surface area (Å²) in [5, 5.41) is 19.5. The van der Waals surface area contributed by atoms with Crippen molar-refractivity contribution < 1.29 is 5.11 Å². The summed E-state index contributed by atoms with van der Waals surface area (Å²) < 4.78 is 3.75. The predicted molar refractivity (Wildman–Crippen MR) is 51.4 cm³/mol. The Bertz CT molecular complexity index is 496. The highest BCUT2D eigenvalue weighted by atomic mass is 32.1. The molecule has 14 heavy (non-hydrogen) atoms. The van der Waals surface area contributed by atoms with Gasteiger partial charge in [-0.1, -0.05) is 0 Å². The van der Waals surface area contributed by atoms with Gasteiger partial charge in [0.1, 0.15) is 6.61 Å². The van der Waals surface area contributed by atoms with E-state index in [1.54, 1.807) is 21.6 Å². The van der Waals surface area contributed by atoms with E-state index in [9.17, 15) is 0 Å². The van der Waals surface area contributed by atoms with Crippen LogP contribution in [0.4, 0.5) is 0 Å². The lowest BCUT2D eigenvalue weighted by Crippen LogP contribution is -2.00. The number of aliphatic hydroxyl groups excluding tert-OH is 1. The molecular formula is C7H9N5OS. The lowest BCUT2D eigenvalue weighted by atomic mass is 10.5. The monoisotopic (exact) mass is 211 g/mol. The van der Waals surface area contributed by atoms with Crippen LogP contribution in [0.5, 0.6) is 0 Å². The van der Waals surface area contributed by atoms with Gasteiger partial charge in [0.25, 0.3) is 0 Å². The summed E-state index contributed by atoms with van der Waals surface area (Å²) in [6.07, 6.45) is 3.45. The van der Waals surface area contributed by atoms with E-state index in [-0.39, 0.29) is 6.61 Å². The topological polar surface area (TPSA) is 71.7 Å². The van der Waals surface area contributed by atoms with Crippen LogP contribution in [0.25, 0.3) is 5.69 Å². The van der Waals surface area contributed by atoms with Crippen molar-refractivity contribution in [1.82, 2.24) is 24.5 Å². The van der Waals surface area contributed by atoms with Gasteiger partial charge in [-0.25, -0.2) is 0 Å². The first kappa shape index (κ1) is 9.10. The minimum atomic E-state index is -0.165. The molecule has 2 N–H and O–H groups in total. The zero-order chi connectivity index (χ0) is 10.1. The molecule has 0 fully saturated rings. The quantitative estimate of drug-likeness (QED) is 0.694. The van der Waals surface area contributed by atoms with Gasteiger partial charge in [0.05, 0.1) is 11.9 Å².